The van der Waals surface area contributed by atoms with Crippen molar-refractivity contribution >= 4 is 23.2 Å². The SMILES string of the molecule is CN1C(=O)C(c2cccc(Cl)c2)=NC12CCC(C(C)(C)C)CC2. The van der Waals surface area contributed by atoms with Crippen LogP contribution in [0.5, 0.6) is 0 Å². The van der Waals surface area contributed by atoms with Crippen molar-refractivity contribution in [3.8, 4) is 0 Å². The Morgan fingerprint density at radius 3 is 2.48 bits per heavy atom. The predicted octanol–water partition coefficient (Wildman–Crippen LogP) is 4.53. The highest BCUT2D eigenvalue weighted by molar-refractivity contribution is 6.47. The van der Waals surface area contributed by atoms with Crippen molar-refractivity contribution in [3.05, 3.63) is 34.9 Å². The molecule has 0 saturated heterocycles. The second-order valence-corrected chi connectivity index (χ2v) is 8.39. The molecule has 0 radical (unpaired) electrons. The number of likely N-dealkylation sites (N-methyl/N-ethyl adjacent to an activating group) is 1. The zero-order valence-corrected chi connectivity index (χ0v) is 15.2. The molecule has 0 atom stereocenters. The lowest BCUT2D eigenvalue weighted by Crippen LogP contribution is -2.47. The van der Waals surface area contributed by atoms with Crippen LogP contribution in [0.25, 0.3) is 0 Å². The molecule has 1 spiro atoms. The van der Waals surface area contributed by atoms with Gasteiger partial charge in [0.1, 0.15) is 11.4 Å². The number of halogens is 1. The molecule has 1 aromatic rings. The Hall–Kier alpha value is -1.35. The number of hydrogen-bond donors (Lipinski definition) is 0. The minimum atomic E-state index is -0.351. The second-order valence-electron chi connectivity index (χ2n) is 7.96. The van der Waals surface area contributed by atoms with Crippen LogP contribution in [0, 0.1) is 11.3 Å². The summed E-state index contributed by atoms with van der Waals surface area (Å²) in [6, 6.07) is 7.43. The van der Waals surface area contributed by atoms with E-state index in [-0.39, 0.29) is 11.6 Å². The third-order valence-electron chi connectivity index (χ3n) is 5.56. The van der Waals surface area contributed by atoms with Gasteiger partial charge in [0.25, 0.3) is 5.91 Å². The molecular weight excluding hydrogens is 308 g/mol. The lowest BCUT2D eigenvalue weighted by atomic mass is 9.69. The first-order valence-electron chi connectivity index (χ1n) is 8.37. The molecule has 0 unspecified atom stereocenters. The molecule has 1 fully saturated rings. The normalized spacial score (nSPS) is 28.4. The van der Waals surface area contributed by atoms with Gasteiger partial charge in [-0.05, 0) is 49.1 Å². The van der Waals surface area contributed by atoms with E-state index < -0.39 is 0 Å². The van der Waals surface area contributed by atoms with Crippen LogP contribution < -0.4 is 0 Å². The van der Waals surface area contributed by atoms with Crippen LogP contribution in [-0.2, 0) is 4.79 Å². The number of aliphatic imine (C=N–C) groups is 1. The molecule has 0 N–H and O–H groups in total. The Balaban J connectivity index is 1.88. The predicted molar refractivity (Wildman–Crippen MR) is 94.9 cm³/mol. The number of carbonyl (C=O) groups excluding carboxylic acids is 1. The summed E-state index contributed by atoms with van der Waals surface area (Å²) in [5, 5.41) is 0.637. The van der Waals surface area contributed by atoms with E-state index in [4.69, 9.17) is 16.6 Å². The highest BCUT2D eigenvalue weighted by Gasteiger charge is 2.48. The number of nitrogens with zero attached hydrogens (tertiary/aromatic N) is 2. The summed E-state index contributed by atoms with van der Waals surface area (Å²) in [4.78, 5) is 19.5. The Labute approximate surface area is 143 Å². The van der Waals surface area contributed by atoms with Crippen molar-refractivity contribution in [1.29, 1.82) is 0 Å². The van der Waals surface area contributed by atoms with Crippen LogP contribution >= 0.6 is 11.6 Å². The number of rotatable bonds is 1. The molecule has 0 bridgehead atoms. The molecule has 1 heterocycles. The monoisotopic (exact) mass is 332 g/mol. The maximum atomic E-state index is 12.7. The minimum Gasteiger partial charge on any atom is -0.316 e. The summed E-state index contributed by atoms with van der Waals surface area (Å²) in [7, 11) is 1.89. The second kappa shape index (κ2) is 5.62. The Morgan fingerprint density at radius 2 is 1.91 bits per heavy atom. The van der Waals surface area contributed by atoms with Gasteiger partial charge < -0.3 is 4.90 Å². The van der Waals surface area contributed by atoms with E-state index in [0.717, 1.165) is 31.2 Å². The Morgan fingerprint density at radius 1 is 1.26 bits per heavy atom. The molecule has 1 saturated carbocycles. The lowest BCUT2D eigenvalue weighted by molar-refractivity contribution is -0.127. The van der Waals surface area contributed by atoms with Crippen LogP contribution in [0.3, 0.4) is 0 Å². The average Bonchev–Trinajstić information content (AvgIpc) is 2.73. The van der Waals surface area contributed by atoms with Crippen LogP contribution in [0.15, 0.2) is 29.3 Å². The summed E-state index contributed by atoms with van der Waals surface area (Å²) < 4.78 is 0. The van der Waals surface area contributed by atoms with Gasteiger partial charge in [0.15, 0.2) is 0 Å². The summed E-state index contributed by atoms with van der Waals surface area (Å²) >= 11 is 6.07. The zero-order chi connectivity index (χ0) is 16.8. The first kappa shape index (κ1) is 16.5. The number of carbonyl (C=O) groups is 1. The fourth-order valence-electron chi connectivity index (χ4n) is 3.90. The van der Waals surface area contributed by atoms with Crippen molar-refractivity contribution < 1.29 is 4.79 Å². The van der Waals surface area contributed by atoms with Crippen LogP contribution in [0.2, 0.25) is 5.02 Å². The molecule has 2 aliphatic rings. The molecule has 3 rings (SSSR count). The fourth-order valence-corrected chi connectivity index (χ4v) is 4.09. The van der Waals surface area contributed by atoms with Gasteiger partial charge in [0.05, 0.1) is 0 Å². The largest absolute Gasteiger partial charge is 0.316 e. The molecule has 0 aromatic heterocycles. The summed E-state index contributed by atoms with van der Waals surface area (Å²) in [6.45, 7) is 6.92. The third-order valence-corrected chi connectivity index (χ3v) is 5.80. The van der Waals surface area contributed by atoms with Crippen molar-refractivity contribution in [2.75, 3.05) is 7.05 Å². The number of amides is 1. The average molecular weight is 333 g/mol. The molecule has 4 heteroatoms. The first-order chi connectivity index (χ1) is 10.7. The Kier molecular flexibility index (Phi) is 4.04. The minimum absolute atomic E-state index is 0.0153. The van der Waals surface area contributed by atoms with Gasteiger partial charge in [-0.15, -0.1) is 0 Å². The van der Waals surface area contributed by atoms with Crippen LogP contribution in [0.1, 0.15) is 52.0 Å². The molecule has 23 heavy (non-hydrogen) atoms. The molecule has 124 valence electrons. The van der Waals surface area contributed by atoms with Gasteiger partial charge in [-0.25, -0.2) is 0 Å². The van der Waals surface area contributed by atoms with Gasteiger partial charge in [-0.1, -0.05) is 44.5 Å². The maximum Gasteiger partial charge on any atom is 0.274 e. The summed E-state index contributed by atoms with van der Waals surface area (Å²) in [5.41, 5.74) is 1.35. The van der Waals surface area contributed by atoms with Crippen molar-refractivity contribution in [2.24, 2.45) is 16.3 Å². The quantitative estimate of drug-likeness (QED) is 0.743. The van der Waals surface area contributed by atoms with E-state index in [1.165, 1.54) is 0 Å². The molecule has 1 amide bonds. The molecule has 1 aromatic carbocycles. The van der Waals surface area contributed by atoms with E-state index in [1.54, 1.807) is 0 Å². The smallest absolute Gasteiger partial charge is 0.274 e. The highest BCUT2D eigenvalue weighted by atomic mass is 35.5. The van der Waals surface area contributed by atoms with E-state index in [9.17, 15) is 4.79 Å². The van der Waals surface area contributed by atoms with Gasteiger partial charge in [-0.3, -0.25) is 9.79 Å². The Bertz CT molecular complexity index is 652. The zero-order valence-electron chi connectivity index (χ0n) is 14.4. The van der Waals surface area contributed by atoms with Gasteiger partial charge in [0.2, 0.25) is 0 Å². The topological polar surface area (TPSA) is 32.7 Å². The molecule has 3 nitrogen and oxygen atoms in total. The lowest BCUT2D eigenvalue weighted by Gasteiger charge is -2.43. The first-order valence-corrected chi connectivity index (χ1v) is 8.75. The fraction of sp³-hybridized carbons (Fsp3) is 0.579. The highest BCUT2D eigenvalue weighted by Crippen LogP contribution is 2.46. The molecule has 1 aliphatic carbocycles. The van der Waals surface area contributed by atoms with Gasteiger partial charge in [0, 0.05) is 17.6 Å². The standard InChI is InChI=1S/C19H25ClN2O/c1-18(2,3)14-8-10-19(11-9-14)21-16(17(23)22(19)4)13-6-5-7-15(20)12-13/h5-7,12,14H,8-11H2,1-4H3. The van der Waals surface area contributed by atoms with Gasteiger partial charge in [-0.2, -0.15) is 0 Å². The van der Waals surface area contributed by atoms with Crippen molar-refractivity contribution in [3.63, 3.8) is 0 Å². The van der Waals surface area contributed by atoms with Crippen LogP contribution in [0.4, 0.5) is 0 Å². The van der Waals surface area contributed by atoms with Gasteiger partial charge >= 0.3 is 0 Å². The summed E-state index contributed by atoms with van der Waals surface area (Å²) in [6.07, 6.45) is 4.13. The maximum absolute atomic E-state index is 12.7. The van der Waals surface area contributed by atoms with Crippen molar-refractivity contribution in [1.82, 2.24) is 4.90 Å². The molecule has 1 aliphatic heterocycles. The number of benzene rings is 1. The summed E-state index contributed by atoms with van der Waals surface area (Å²) in [5.74, 6) is 0.712. The van der Waals surface area contributed by atoms with E-state index in [2.05, 4.69) is 20.8 Å². The van der Waals surface area contributed by atoms with E-state index >= 15 is 0 Å². The van der Waals surface area contributed by atoms with Crippen LogP contribution in [-0.4, -0.2) is 29.2 Å². The van der Waals surface area contributed by atoms with E-state index in [0.29, 0.717) is 22.1 Å². The number of hydrogen-bond acceptors (Lipinski definition) is 2. The molecular formula is C19H25ClN2O. The van der Waals surface area contributed by atoms with Crippen molar-refractivity contribution in [2.45, 2.75) is 52.1 Å². The van der Waals surface area contributed by atoms with E-state index in [1.807, 2.05) is 36.2 Å². The third kappa shape index (κ3) is 2.91.